The monoisotopic (exact) mass is 111 g/mol. The molecule has 8 heavy (non-hydrogen) atoms. The first-order valence-electron chi connectivity index (χ1n) is 1.95. The molecule has 0 aromatic heterocycles. The molecule has 0 N–H and O–H groups in total. The Morgan fingerprint density at radius 2 is 1.62 bits per heavy atom. The minimum atomic E-state index is 1.09. The van der Waals surface area contributed by atoms with Gasteiger partial charge in [-0.3, -0.25) is 0 Å². The topological polar surface area (TPSA) is 37.4 Å². The van der Waals surface area contributed by atoms with E-state index in [1.165, 1.54) is 23.8 Å². The Bertz CT molecular complexity index is 134. The van der Waals surface area contributed by atoms with Crippen molar-refractivity contribution in [2.24, 2.45) is 0 Å². The Balaban J connectivity index is 3.82. The summed E-state index contributed by atoms with van der Waals surface area (Å²) in [4.78, 5) is 20.3. The molecule has 0 amide bonds. The van der Waals surface area contributed by atoms with E-state index in [0.29, 0.717) is 0 Å². The van der Waals surface area contributed by atoms with Gasteiger partial charge in [-0.05, 0) is 0 Å². The summed E-state index contributed by atoms with van der Waals surface area (Å²) in [5.41, 5.74) is 0. The zero-order chi connectivity index (χ0) is 6.41. The molecular weight excluding hydrogens is 106 g/mol. The molecule has 0 aliphatic rings. The molecule has 0 spiro atoms. The Kier molecular flexibility index (Phi) is 3.25. The number of carbonyl (C=O) groups excluding carboxylic acids is 2. The second kappa shape index (κ2) is 3.88. The second-order valence-electron chi connectivity index (χ2n) is 1.16. The van der Waals surface area contributed by atoms with Crippen LogP contribution in [-0.2, 0) is 9.59 Å². The largest absolute Gasteiger partial charge is 0.339 e. The van der Waals surface area contributed by atoms with Gasteiger partial charge < -0.3 is 4.90 Å². The van der Waals surface area contributed by atoms with Gasteiger partial charge in [0, 0.05) is 7.05 Å². The third-order valence-corrected chi connectivity index (χ3v) is 0.513. The molecule has 0 fully saturated rings. The van der Waals surface area contributed by atoms with Gasteiger partial charge in [0.25, 0.3) is 0 Å². The van der Waals surface area contributed by atoms with Crippen LogP contribution >= 0.6 is 0 Å². The average molecular weight is 111 g/mol. The summed E-state index contributed by atoms with van der Waals surface area (Å²) >= 11 is 0. The fourth-order valence-electron chi connectivity index (χ4n) is 0.204. The fraction of sp³-hybridized carbons (Fsp3) is 0.200. The number of hydrogen-bond donors (Lipinski definition) is 0. The van der Waals surface area contributed by atoms with Crippen LogP contribution in [0, 0.1) is 0 Å². The third-order valence-electron chi connectivity index (χ3n) is 0.513. The van der Waals surface area contributed by atoms with Crippen LogP contribution in [0.5, 0.6) is 0 Å². The molecule has 0 aliphatic heterocycles. The van der Waals surface area contributed by atoms with Crippen LogP contribution < -0.4 is 0 Å². The van der Waals surface area contributed by atoms with Crippen molar-refractivity contribution in [3.63, 3.8) is 0 Å². The molecule has 0 unspecified atom stereocenters. The summed E-state index contributed by atoms with van der Waals surface area (Å²) in [5.74, 6) is 2.99. The maximum atomic E-state index is 9.52. The van der Waals surface area contributed by atoms with E-state index in [1.54, 1.807) is 0 Å². The van der Waals surface area contributed by atoms with E-state index in [2.05, 4.69) is 0 Å². The van der Waals surface area contributed by atoms with Crippen molar-refractivity contribution in [1.29, 1.82) is 0 Å². The summed E-state index contributed by atoms with van der Waals surface area (Å²) in [7, 11) is 1.54. The van der Waals surface area contributed by atoms with E-state index >= 15 is 0 Å². The van der Waals surface area contributed by atoms with Gasteiger partial charge in [-0.1, -0.05) is 0 Å². The van der Waals surface area contributed by atoms with Gasteiger partial charge in [0.2, 0.25) is 0 Å². The molecule has 0 saturated carbocycles. The quantitative estimate of drug-likeness (QED) is 0.455. The Labute approximate surface area is 46.9 Å². The van der Waals surface area contributed by atoms with Gasteiger partial charge in [0.1, 0.15) is 11.9 Å². The third kappa shape index (κ3) is 2.91. The molecule has 0 saturated heterocycles. The maximum absolute atomic E-state index is 9.52. The van der Waals surface area contributed by atoms with Crippen molar-refractivity contribution in [3.05, 3.63) is 12.4 Å². The lowest BCUT2D eigenvalue weighted by Gasteiger charge is -1.97. The summed E-state index contributed by atoms with van der Waals surface area (Å²) in [5, 5.41) is 0. The Morgan fingerprint density at radius 1 is 1.25 bits per heavy atom. The van der Waals surface area contributed by atoms with E-state index in [9.17, 15) is 9.59 Å². The smallest absolute Gasteiger partial charge is 0.142 e. The average Bonchev–Trinajstić information content (AvgIpc) is 1.68. The number of nitrogens with zero attached hydrogens (tertiary/aromatic N) is 1. The number of rotatable bonds is 2. The van der Waals surface area contributed by atoms with Crippen LogP contribution in [-0.4, -0.2) is 23.8 Å². The Hall–Kier alpha value is -1.30. The first-order chi connectivity index (χ1) is 3.81. The molecule has 0 aromatic carbocycles. The lowest BCUT2D eigenvalue weighted by Crippen LogP contribution is -1.99. The molecule has 3 nitrogen and oxygen atoms in total. The van der Waals surface area contributed by atoms with Crippen LogP contribution in [0.25, 0.3) is 0 Å². The van der Waals surface area contributed by atoms with Crippen LogP contribution in [0.1, 0.15) is 0 Å². The summed E-state index contributed by atoms with van der Waals surface area (Å²) < 4.78 is 0. The van der Waals surface area contributed by atoms with Gasteiger partial charge in [-0.2, -0.15) is 0 Å². The molecule has 0 atom stereocenters. The minimum absolute atomic E-state index is 1.09. The summed E-state index contributed by atoms with van der Waals surface area (Å²) in [6.07, 6.45) is 2.18. The highest BCUT2D eigenvalue weighted by molar-refractivity contribution is 5.48. The highest BCUT2D eigenvalue weighted by Gasteiger charge is 1.77. The Morgan fingerprint density at radius 3 is 1.88 bits per heavy atom. The molecule has 0 radical (unpaired) electrons. The van der Waals surface area contributed by atoms with Gasteiger partial charge in [-0.15, -0.1) is 0 Å². The first-order valence-corrected chi connectivity index (χ1v) is 1.95. The van der Waals surface area contributed by atoms with Gasteiger partial charge in [0.05, 0.1) is 12.4 Å². The van der Waals surface area contributed by atoms with Crippen molar-refractivity contribution in [2.45, 2.75) is 0 Å². The molecule has 0 heterocycles. The predicted molar refractivity (Wildman–Crippen MR) is 28.3 cm³/mol. The van der Waals surface area contributed by atoms with Crippen molar-refractivity contribution < 1.29 is 9.59 Å². The summed E-state index contributed by atoms with van der Waals surface area (Å²) in [6, 6.07) is 0. The zero-order valence-corrected chi connectivity index (χ0v) is 4.42. The highest BCUT2D eigenvalue weighted by Crippen LogP contribution is 1.74. The molecule has 42 valence electrons. The van der Waals surface area contributed by atoms with Gasteiger partial charge in [-0.25, -0.2) is 9.59 Å². The van der Waals surface area contributed by atoms with Crippen molar-refractivity contribution in [1.82, 2.24) is 4.90 Å². The van der Waals surface area contributed by atoms with Gasteiger partial charge >= 0.3 is 0 Å². The maximum Gasteiger partial charge on any atom is 0.142 e. The van der Waals surface area contributed by atoms with E-state index < -0.39 is 0 Å². The van der Waals surface area contributed by atoms with Crippen molar-refractivity contribution >= 4 is 11.9 Å². The SMILES string of the molecule is CN(C=C=O)C=C=O. The van der Waals surface area contributed by atoms with Crippen molar-refractivity contribution in [3.8, 4) is 0 Å². The minimum Gasteiger partial charge on any atom is -0.339 e. The lowest BCUT2D eigenvalue weighted by atomic mass is 10.8. The standard InChI is InChI=1S/C5H5NO2/c1-6(2-4-7)3-5-8/h2-3H,1H3. The second-order valence-corrected chi connectivity index (χ2v) is 1.16. The van der Waals surface area contributed by atoms with E-state index in [0.717, 1.165) is 12.4 Å². The molecule has 0 rings (SSSR count). The lowest BCUT2D eigenvalue weighted by molar-refractivity contribution is 0.548. The first kappa shape index (κ1) is 6.70. The molecule has 3 heteroatoms. The van der Waals surface area contributed by atoms with Crippen LogP contribution in [0.3, 0.4) is 0 Å². The van der Waals surface area contributed by atoms with Crippen molar-refractivity contribution in [2.75, 3.05) is 7.05 Å². The molecule has 0 aromatic rings. The van der Waals surface area contributed by atoms with Crippen LogP contribution in [0.4, 0.5) is 0 Å². The van der Waals surface area contributed by atoms with E-state index in [-0.39, 0.29) is 0 Å². The molecule has 0 aliphatic carbocycles. The van der Waals surface area contributed by atoms with Gasteiger partial charge in [0.15, 0.2) is 0 Å². The fourth-order valence-corrected chi connectivity index (χ4v) is 0.204. The highest BCUT2D eigenvalue weighted by atomic mass is 16.1. The van der Waals surface area contributed by atoms with E-state index in [1.807, 2.05) is 0 Å². The van der Waals surface area contributed by atoms with E-state index in [4.69, 9.17) is 0 Å². The normalized spacial score (nSPS) is 6.12. The molecular formula is C5H5NO2. The summed E-state index contributed by atoms with van der Waals surface area (Å²) in [6.45, 7) is 0. The zero-order valence-electron chi connectivity index (χ0n) is 4.42. The molecule has 0 bridgehead atoms. The van der Waals surface area contributed by atoms with Crippen LogP contribution in [0.15, 0.2) is 12.4 Å². The number of hydrogen-bond acceptors (Lipinski definition) is 3. The van der Waals surface area contributed by atoms with Crippen LogP contribution in [0.2, 0.25) is 0 Å². The predicted octanol–water partition coefficient (Wildman–Crippen LogP) is -0.391.